The molecule has 2 aromatic rings. The molecule has 2 rings (SSSR count). The highest BCUT2D eigenvalue weighted by atomic mass is 35.5. The molecule has 0 saturated carbocycles. The highest BCUT2D eigenvalue weighted by Gasteiger charge is 2.12. The number of hydrogen-bond acceptors (Lipinski definition) is 3. The van der Waals surface area contributed by atoms with Crippen LogP contribution in [0.2, 0.25) is 15.1 Å². The smallest absolute Gasteiger partial charge is 0.262 e. The van der Waals surface area contributed by atoms with Crippen molar-refractivity contribution in [3.05, 3.63) is 51.0 Å². The van der Waals surface area contributed by atoms with Crippen LogP contribution in [-0.2, 0) is 4.79 Å². The lowest BCUT2D eigenvalue weighted by molar-refractivity contribution is -0.118. The number of rotatable bonds is 5. The van der Waals surface area contributed by atoms with Gasteiger partial charge in [-0.2, -0.15) is 0 Å². The molecule has 2 aromatic carbocycles. The minimum atomic E-state index is -0.360. The van der Waals surface area contributed by atoms with E-state index in [1.807, 2.05) is 6.92 Å². The Bertz CT molecular complexity index is 735. The molecule has 0 aliphatic rings. The van der Waals surface area contributed by atoms with Crippen LogP contribution in [-0.4, -0.2) is 19.6 Å². The van der Waals surface area contributed by atoms with Crippen LogP contribution in [0.5, 0.6) is 11.5 Å². The minimum absolute atomic E-state index is 0.217. The molecule has 4 nitrogen and oxygen atoms in total. The van der Waals surface area contributed by atoms with Gasteiger partial charge >= 0.3 is 0 Å². The van der Waals surface area contributed by atoms with E-state index in [4.69, 9.17) is 44.3 Å². The fourth-order valence-corrected chi connectivity index (χ4v) is 2.34. The fraction of sp³-hybridized carbons (Fsp3) is 0.188. The standard InChI is InChI=1S/C16H14Cl3NO3/c1-9-5-13(15(22-2)7-12(9)19)20-16(21)8-23-14-6-10(17)3-4-11(14)18/h3-7H,8H2,1-2H3,(H,20,21). The van der Waals surface area contributed by atoms with E-state index in [0.717, 1.165) is 5.56 Å². The zero-order chi connectivity index (χ0) is 17.0. The molecular formula is C16H14Cl3NO3. The Labute approximate surface area is 149 Å². The number of anilines is 1. The van der Waals surface area contributed by atoms with E-state index in [2.05, 4.69) is 5.32 Å². The molecule has 23 heavy (non-hydrogen) atoms. The molecule has 0 aliphatic carbocycles. The second kappa shape index (κ2) is 7.77. The summed E-state index contributed by atoms with van der Waals surface area (Å²) in [6.07, 6.45) is 0. The van der Waals surface area contributed by atoms with Crippen LogP contribution in [0.3, 0.4) is 0 Å². The first-order valence-electron chi connectivity index (χ1n) is 6.62. The lowest BCUT2D eigenvalue weighted by Gasteiger charge is -2.13. The average molecular weight is 375 g/mol. The Morgan fingerprint density at radius 2 is 1.83 bits per heavy atom. The number of nitrogens with one attached hydrogen (secondary N) is 1. The molecular weight excluding hydrogens is 361 g/mol. The van der Waals surface area contributed by atoms with E-state index in [0.29, 0.717) is 32.3 Å². The van der Waals surface area contributed by atoms with Gasteiger partial charge in [-0.3, -0.25) is 4.79 Å². The second-order valence-electron chi connectivity index (χ2n) is 4.71. The Kier molecular flexibility index (Phi) is 5.99. The summed E-state index contributed by atoms with van der Waals surface area (Å²) in [5, 5.41) is 4.12. The molecule has 122 valence electrons. The first-order valence-corrected chi connectivity index (χ1v) is 7.76. The number of hydrogen-bond donors (Lipinski definition) is 1. The lowest BCUT2D eigenvalue weighted by Crippen LogP contribution is -2.20. The Morgan fingerprint density at radius 1 is 1.09 bits per heavy atom. The SMILES string of the molecule is COc1cc(Cl)c(C)cc1NC(=O)COc1cc(Cl)ccc1Cl. The Morgan fingerprint density at radius 3 is 2.52 bits per heavy atom. The third kappa shape index (κ3) is 4.67. The van der Waals surface area contributed by atoms with Crippen molar-refractivity contribution in [3.63, 3.8) is 0 Å². The highest BCUT2D eigenvalue weighted by Crippen LogP contribution is 2.31. The van der Waals surface area contributed by atoms with Crippen LogP contribution >= 0.6 is 34.8 Å². The number of benzene rings is 2. The zero-order valence-corrected chi connectivity index (χ0v) is 14.7. The molecule has 0 aliphatic heterocycles. The number of carbonyl (C=O) groups is 1. The predicted molar refractivity (Wildman–Crippen MR) is 93.3 cm³/mol. The monoisotopic (exact) mass is 373 g/mol. The number of ether oxygens (including phenoxy) is 2. The third-order valence-electron chi connectivity index (χ3n) is 3.01. The molecule has 0 radical (unpaired) electrons. The first-order chi connectivity index (χ1) is 10.9. The molecule has 1 amide bonds. The Hall–Kier alpha value is -1.62. The predicted octanol–water partition coefficient (Wildman–Crippen LogP) is 4.98. The van der Waals surface area contributed by atoms with E-state index in [1.165, 1.54) is 7.11 Å². The van der Waals surface area contributed by atoms with Crippen LogP contribution in [0.25, 0.3) is 0 Å². The summed E-state index contributed by atoms with van der Waals surface area (Å²) in [5.41, 5.74) is 1.33. The van der Waals surface area contributed by atoms with Crippen molar-refractivity contribution in [3.8, 4) is 11.5 Å². The summed E-state index contributed by atoms with van der Waals surface area (Å²) >= 11 is 17.9. The third-order valence-corrected chi connectivity index (χ3v) is 3.96. The first kappa shape index (κ1) is 17.7. The van der Waals surface area contributed by atoms with E-state index in [9.17, 15) is 4.79 Å². The molecule has 0 spiro atoms. The van der Waals surface area contributed by atoms with Gasteiger partial charge in [0.25, 0.3) is 5.91 Å². The maximum absolute atomic E-state index is 12.0. The summed E-state index contributed by atoms with van der Waals surface area (Å²) in [6, 6.07) is 8.15. The number of halogens is 3. The number of amides is 1. The van der Waals surface area contributed by atoms with Crippen molar-refractivity contribution in [1.82, 2.24) is 0 Å². The molecule has 0 unspecified atom stereocenters. The van der Waals surface area contributed by atoms with Gasteiger partial charge in [0.2, 0.25) is 0 Å². The van der Waals surface area contributed by atoms with Gasteiger partial charge in [-0.15, -0.1) is 0 Å². The van der Waals surface area contributed by atoms with E-state index in [-0.39, 0.29) is 12.5 Å². The molecule has 0 fully saturated rings. The van der Waals surface area contributed by atoms with Crippen LogP contribution in [0.15, 0.2) is 30.3 Å². The largest absolute Gasteiger partial charge is 0.495 e. The lowest BCUT2D eigenvalue weighted by atomic mass is 10.2. The maximum atomic E-state index is 12.0. The molecule has 0 bridgehead atoms. The summed E-state index contributed by atoms with van der Waals surface area (Å²) < 4.78 is 10.6. The molecule has 0 heterocycles. The topological polar surface area (TPSA) is 47.6 Å². The molecule has 0 saturated heterocycles. The van der Waals surface area contributed by atoms with Crippen LogP contribution < -0.4 is 14.8 Å². The number of methoxy groups -OCH3 is 1. The van der Waals surface area contributed by atoms with Crippen molar-refractivity contribution in [1.29, 1.82) is 0 Å². The van der Waals surface area contributed by atoms with Crippen LogP contribution in [0.4, 0.5) is 5.69 Å². The van der Waals surface area contributed by atoms with Gasteiger partial charge < -0.3 is 14.8 Å². The van der Waals surface area contributed by atoms with Gasteiger partial charge in [0.05, 0.1) is 17.8 Å². The fourth-order valence-electron chi connectivity index (χ4n) is 1.85. The second-order valence-corrected chi connectivity index (χ2v) is 5.96. The minimum Gasteiger partial charge on any atom is -0.495 e. The van der Waals surface area contributed by atoms with Crippen molar-refractivity contribution in [2.75, 3.05) is 19.0 Å². The molecule has 0 aromatic heterocycles. The summed E-state index contributed by atoms with van der Waals surface area (Å²) in [6.45, 7) is 1.62. The van der Waals surface area contributed by atoms with E-state index in [1.54, 1.807) is 30.3 Å². The normalized spacial score (nSPS) is 10.3. The summed E-state index contributed by atoms with van der Waals surface area (Å²) in [7, 11) is 1.50. The van der Waals surface area contributed by atoms with Crippen LogP contribution in [0.1, 0.15) is 5.56 Å². The zero-order valence-electron chi connectivity index (χ0n) is 12.5. The quantitative estimate of drug-likeness (QED) is 0.803. The summed E-state index contributed by atoms with van der Waals surface area (Å²) in [5.74, 6) is 0.448. The average Bonchev–Trinajstić information content (AvgIpc) is 2.51. The van der Waals surface area contributed by atoms with Gasteiger partial charge in [0, 0.05) is 22.2 Å². The van der Waals surface area contributed by atoms with Crippen molar-refractivity contribution >= 4 is 46.4 Å². The number of carbonyl (C=O) groups excluding carboxylic acids is 1. The van der Waals surface area contributed by atoms with Gasteiger partial charge in [0.1, 0.15) is 11.5 Å². The van der Waals surface area contributed by atoms with Crippen molar-refractivity contribution in [2.45, 2.75) is 6.92 Å². The van der Waals surface area contributed by atoms with Crippen LogP contribution in [0, 0.1) is 6.92 Å². The Balaban J connectivity index is 2.05. The van der Waals surface area contributed by atoms with Gasteiger partial charge in [-0.1, -0.05) is 34.8 Å². The maximum Gasteiger partial charge on any atom is 0.262 e. The van der Waals surface area contributed by atoms with Crippen molar-refractivity contribution in [2.24, 2.45) is 0 Å². The van der Waals surface area contributed by atoms with Gasteiger partial charge in [-0.25, -0.2) is 0 Å². The van der Waals surface area contributed by atoms with Crippen molar-refractivity contribution < 1.29 is 14.3 Å². The number of aryl methyl sites for hydroxylation is 1. The van der Waals surface area contributed by atoms with Gasteiger partial charge in [0.15, 0.2) is 6.61 Å². The van der Waals surface area contributed by atoms with E-state index >= 15 is 0 Å². The molecule has 1 N–H and O–H groups in total. The summed E-state index contributed by atoms with van der Waals surface area (Å²) in [4.78, 5) is 12.0. The van der Waals surface area contributed by atoms with Gasteiger partial charge in [-0.05, 0) is 30.7 Å². The molecule has 0 atom stereocenters. The molecule has 7 heteroatoms. The van der Waals surface area contributed by atoms with E-state index < -0.39 is 0 Å². The highest BCUT2D eigenvalue weighted by molar-refractivity contribution is 6.34.